The van der Waals surface area contributed by atoms with E-state index in [2.05, 4.69) is 21.2 Å². The predicted octanol–water partition coefficient (Wildman–Crippen LogP) is 4.50. The second kappa shape index (κ2) is 10.0. The number of hydrogen-bond donors (Lipinski definition) is 1. The molecule has 3 aromatic rings. The summed E-state index contributed by atoms with van der Waals surface area (Å²) in [5.41, 5.74) is 1.40. The Morgan fingerprint density at radius 3 is 2.34 bits per heavy atom. The molecule has 0 aliphatic heterocycles. The van der Waals surface area contributed by atoms with Crippen LogP contribution in [0.2, 0.25) is 0 Å². The number of halogens is 1. The molecular weight excluding hydrogens is 498 g/mol. The Morgan fingerprint density at radius 1 is 1.06 bits per heavy atom. The van der Waals surface area contributed by atoms with Gasteiger partial charge in [-0.05, 0) is 42.3 Å². The van der Waals surface area contributed by atoms with Gasteiger partial charge in [0, 0.05) is 23.2 Å². The van der Waals surface area contributed by atoms with Gasteiger partial charge in [-0.3, -0.25) is 14.9 Å². The lowest BCUT2D eigenvalue weighted by atomic mass is 10.2. The number of nitrogens with one attached hydrogen (secondary N) is 1. The van der Waals surface area contributed by atoms with Crippen LogP contribution in [-0.2, 0) is 21.4 Å². The Labute approximate surface area is 194 Å². The summed E-state index contributed by atoms with van der Waals surface area (Å²) in [5.74, 6) is -0.606. The van der Waals surface area contributed by atoms with Gasteiger partial charge in [0.2, 0.25) is 15.9 Å². The SMILES string of the molecule is Cc1ccc([N+](=O)[O-])cc1NC(=O)CN(Cc1ccc(Br)cc1)S(=O)(=O)c1ccccc1. The molecule has 0 atom stereocenters. The number of non-ortho nitro benzene ring substituents is 1. The highest BCUT2D eigenvalue weighted by Gasteiger charge is 2.27. The van der Waals surface area contributed by atoms with E-state index >= 15 is 0 Å². The molecule has 0 heterocycles. The first-order chi connectivity index (χ1) is 15.2. The van der Waals surface area contributed by atoms with Crippen LogP contribution in [0.1, 0.15) is 11.1 Å². The van der Waals surface area contributed by atoms with Crippen molar-refractivity contribution in [3.05, 3.63) is 98.5 Å². The van der Waals surface area contributed by atoms with E-state index in [-0.39, 0.29) is 22.8 Å². The summed E-state index contributed by atoms with van der Waals surface area (Å²) in [6, 6.07) is 19.1. The maximum atomic E-state index is 13.2. The Morgan fingerprint density at radius 2 is 1.72 bits per heavy atom. The molecule has 32 heavy (non-hydrogen) atoms. The summed E-state index contributed by atoms with van der Waals surface area (Å²) in [5, 5.41) is 13.6. The van der Waals surface area contributed by atoms with Gasteiger partial charge < -0.3 is 5.32 Å². The number of nitrogens with zero attached hydrogens (tertiary/aromatic N) is 2. The molecule has 0 aromatic heterocycles. The zero-order chi connectivity index (χ0) is 23.3. The van der Waals surface area contributed by atoms with E-state index in [0.717, 1.165) is 8.78 Å². The van der Waals surface area contributed by atoms with Crippen LogP contribution in [-0.4, -0.2) is 30.1 Å². The summed E-state index contributed by atoms with van der Waals surface area (Å²) in [6.07, 6.45) is 0. The van der Waals surface area contributed by atoms with Gasteiger partial charge in [-0.15, -0.1) is 0 Å². The fourth-order valence-electron chi connectivity index (χ4n) is 2.97. The Bertz CT molecular complexity index is 1230. The van der Waals surface area contributed by atoms with Crippen molar-refractivity contribution in [1.82, 2.24) is 4.31 Å². The average Bonchev–Trinajstić information content (AvgIpc) is 2.76. The van der Waals surface area contributed by atoms with Gasteiger partial charge >= 0.3 is 0 Å². The molecule has 10 heteroatoms. The number of carbonyl (C=O) groups excluding carboxylic acids is 1. The van der Waals surface area contributed by atoms with E-state index in [4.69, 9.17) is 0 Å². The van der Waals surface area contributed by atoms with E-state index in [9.17, 15) is 23.3 Å². The van der Waals surface area contributed by atoms with E-state index in [1.807, 2.05) is 0 Å². The number of nitro benzene ring substituents is 1. The minimum Gasteiger partial charge on any atom is -0.324 e. The number of anilines is 1. The first kappa shape index (κ1) is 23.6. The third-order valence-corrected chi connectivity index (χ3v) is 7.01. The lowest BCUT2D eigenvalue weighted by molar-refractivity contribution is -0.384. The number of aryl methyl sites for hydroxylation is 1. The number of hydrogen-bond acceptors (Lipinski definition) is 5. The van der Waals surface area contributed by atoms with Crippen LogP contribution in [0.15, 0.2) is 82.2 Å². The van der Waals surface area contributed by atoms with Crippen LogP contribution in [0, 0.1) is 17.0 Å². The smallest absolute Gasteiger partial charge is 0.271 e. The van der Waals surface area contributed by atoms with Crippen LogP contribution in [0.25, 0.3) is 0 Å². The van der Waals surface area contributed by atoms with E-state index < -0.39 is 27.4 Å². The van der Waals surface area contributed by atoms with Crippen molar-refractivity contribution >= 4 is 43.2 Å². The standard InChI is InChI=1S/C22H20BrN3O5S/c1-16-7-12-19(26(28)29)13-21(16)24-22(27)15-25(14-17-8-10-18(23)11-9-17)32(30,31)20-5-3-2-4-6-20/h2-13H,14-15H2,1H3,(H,24,27). The van der Waals surface area contributed by atoms with Crippen LogP contribution in [0.5, 0.6) is 0 Å². The second-order valence-electron chi connectivity index (χ2n) is 7.02. The minimum absolute atomic E-state index is 0.0220. The number of sulfonamides is 1. The van der Waals surface area contributed by atoms with Crippen molar-refractivity contribution in [2.24, 2.45) is 0 Å². The molecule has 0 unspecified atom stereocenters. The van der Waals surface area contributed by atoms with E-state index in [1.165, 1.54) is 30.3 Å². The molecule has 0 radical (unpaired) electrons. The number of rotatable bonds is 8. The number of nitro groups is 1. The highest BCUT2D eigenvalue weighted by molar-refractivity contribution is 9.10. The molecule has 0 aliphatic carbocycles. The Balaban J connectivity index is 1.88. The first-order valence-corrected chi connectivity index (χ1v) is 11.7. The van der Waals surface area contributed by atoms with Crippen molar-refractivity contribution in [1.29, 1.82) is 0 Å². The molecule has 1 N–H and O–H groups in total. The topological polar surface area (TPSA) is 110 Å². The maximum Gasteiger partial charge on any atom is 0.271 e. The molecule has 8 nitrogen and oxygen atoms in total. The lowest BCUT2D eigenvalue weighted by Gasteiger charge is -2.22. The summed E-state index contributed by atoms with van der Waals surface area (Å²) < 4.78 is 28.4. The van der Waals surface area contributed by atoms with Crippen LogP contribution in [0.3, 0.4) is 0 Å². The molecule has 0 spiro atoms. The highest BCUT2D eigenvalue weighted by atomic mass is 79.9. The summed E-state index contributed by atoms with van der Waals surface area (Å²) in [7, 11) is -3.98. The van der Waals surface area contributed by atoms with Gasteiger partial charge in [-0.1, -0.05) is 52.3 Å². The van der Waals surface area contributed by atoms with Gasteiger partial charge in [0.25, 0.3) is 5.69 Å². The molecule has 0 aliphatic rings. The molecule has 3 rings (SSSR count). The van der Waals surface area contributed by atoms with Crippen LogP contribution >= 0.6 is 15.9 Å². The Hall–Kier alpha value is -3.08. The fourth-order valence-corrected chi connectivity index (χ4v) is 4.64. The zero-order valence-electron chi connectivity index (χ0n) is 17.1. The number of benzene rings is 3. The van der Waals surface area contributed by atoms with Crippen molar-refractivity contribution < 1.29 is 18.1 Å². The van der Waals surface area contributed by atoms with Gasteiger partial charge in [-0.25, -0.2) is 8.42 Å². The van der Waals surface area contributed by atoms with Gasteiger partial charge in [0.1, 0.15) is 0 Å². The normalized spacial score (nSPS) is 11.3. The molecule has 1 amide bonds. The lowest BCUT2D eigenvalue weighted by Crippen LogP contribution is -2.37. The molecule has 3 aromatic carbocycles. The fraction of sp³-hybridized carbons (Fsp3) is 0.136. The quantitative estimate of drug-likeness (QED) is 0.349. The van der Waals surface area contributed by atoms with E-state index in [1.54, 1.807) is 49.4 Å². The Kier molecular flexibility index (Phi) is 7.39. The molecular formula is C22H20BrN3O5S. The largest absolute Gasteiger partial charge is 0.324 e. The predicted molar refractivity (Wildman–Crippen MR) is 125 cm³/mol. The molecule has 0 bridgehead atoms. The van der Waals surface area contributed by atoms with Crippen LogP contribution < -0.4 is 5.32 Å². The summed E-state index contributed by atoms with van der Waals surface area (Å²) in [6.45, 7) is 1.21. The van der Waals surface area contributed by atoms with Crippen molar-refractivity contribution in [2.45, 2.75) is 18.4 Å². The summed E-state index contributed by atoms with van der Waals surface area (Å²) >= 11 is 3.34. The number of amides is 1. The molecule has 0 saturated heterocycles. The zero-order valence-corrected chi connectivity index (χ0v) is 19.5. The number of carbonyl (C=O) groups is 1. The average molecular weight is 518 g/mol. The van der Waals surface area contributed by atoms with Gasteiger partial charge in [0.15, 0.2) is 0 Å². The van der Waals surface area contributed by atoms with Crippen molar-refractivity contribution in [3.63, 3.8) is 0 Å². The maximum absolute atomic E-state index is 13.2. The van der Waals surface area contributed by atoms with Crippen LogP contribution in [0.4, 0.5) is 11.4 Å². The van der Waals surface area contributed by atoms with Gasteiger partial charge in [-0.2, -0.15) is 4.31 Å². The summed E-state index contributed by atoms with van der Waals surface area (Å²) in [4.78, 5) is 23.3. The molecule has 166 valence electrons. The highest BCUT2D eigenvalue weighted by Crippen LogP contribution is 2.23. The van der Waals surface area contributed by atoms with Gasteiger partial charge in [0.05, 0.1) is 22.1 Å². The third kappa shape index (κ3) is 5.78. The molecule has 0 fully saturated rings. The molecule has 0 saturated carbocycles. The monoisotopic (exact) mass is 517 g/mol. The van der Waals surface area contributed by atoms with E-state index in [0.29, 0.717) is 11.1 Å². The first-order valence-electron chi connectivity index (χ1n) is 9.51. The third-order valence-electron chi connectivity index (χ3n) is 4.68. The minimum atomic E-state index is -3.98. The van der Waals surface area contributed by atoms with Crippen molar-refractivity contribution in [3.8, 4) is 0 Å². The van der Waals surface area contributed by atoms with Crippen molar-refractivity contribution in [2.75, 3.05) is 11.9 Å². The second-order valence-corrected chi connectivity index (χ2v) is 9.87.